The molecule has 2 heterocycles. The van der Waals surface area contributed by atoms with Crippen LogP contribution >= 0.6 is 0 Å². The van der Waals surface area contributed by atoms with Gasteiger partial charge in [-0.2, -0.15) is 0 Å². The largest absolute Gasteiger partial charge is 0.508 e. The molecule has 1 fully saturated rings. The lowest BCUT2D eigenvalue weighted by Gasteiger charge is -2.36. The summed E-state index contributed by atoms with van der Waals surface area (Å²) in [6, 6.07) is 10.6. The van der Waals surface area contributed by atoms with Crippen molar-refractivity contribution in [2.75, 3.05) is 36.0 Å². The Kier molecular flexibility index (Phi) is 5.81. The molecule has 0 spiro atoms. The molecule has 0 radical (unpaired) electrons. The first-order valence-corrected chi connectivity index (χ1v) is 11.0. The zero-order chi connectivity index (χ0) is 20.4. The fraction of sp³-hybridized carbons (Fsp3) is 0.450. The number of hydrogen-bond acceptors (Lipinski definition) is 6. The molecule has 28 heavy (non-hydrogen) atoms. The molecule has 3 rings (SSSR count). The summed E-state index contributed by atoms with van der Waals surface area (Å²) in [5, 5.41) is 9.42. The number of phenols is 1. The Bertz CT molecular complexity index is 888. The predicted molar refractivity (Wildman–Crippen MR) is 111 cm³/mol. The molecular formula is C20H28N4O3S. The number of rotatable bonds is 6. The van der Waals surface area contributed by atoms with Crippen molar-refractivity contribution in [2.24, 2.45) is 0 Å². The monoisotopic (exact) mass is 404 g/mol. The van der Waals surface area contributed by atoms with Crippen LogP contribution in [0.4, 0.5) is 11.5 Å². The molecule has 1 aromatic heterocycles. The summed E-state index contributed by atoms with van der Waals surface area (Å²) in [6.07, 6.45) is 2.12. The number of sulfonamides is 1. The van der Waals surface area contributed by atoms with Crippen LogP contribution in [0.2, 0.25) is 0 Å². The third kappa shape index (κ3) is 4.74. The van der Waals surface area contributed by atoms with Gasteiger partial charge in [0.15, 0.2) is 0 Å². The van der Waals surface area contributed by atoms with Gasteiger partial charge in [0.1, 0.15) is 16.5 Å². The Morgan fingerprint density at radius 1 is 1.04 bits per heavy atom. The van der Waals surface area contributed by atoms with Crippen LogP contribution in [0.3, 0.4) is 0 Å². The molecule has 152 valence electrons. The van der Waals surface area contributed by atoms with Crippen LogP contribution in [-0.2, 0) is 10.0 Å². The maximum Gasteiger partial charge on any atom is 0.242 e. The lowest BCUT2D eigenvalue weighted by Crippen LogP contribution is -2.46. The van der Waals surface area contributed by atoms with Crippen LogP contribution in [0.15, 0.2) is 47.5 Å². The van der Waals surface area contributed by atoms with E-state index in [2.05, 4.69) is 19.5 Å². The van der Waals surface area contributed by atoms with E-state index >= 15 is 0 Å². The standard InChI is InChI=1S/C20H28N4O3S/c1-4-20(2,3)22-28(26,27)18-9-10-19(21-15-18)24-13-11-23(12-14-24)16-5-7-17(25)8-6-16/h5-10,15,22,25H,4,11-14H2,1-3H3. The number of phenolic OH excluding ortho intramolecular Hbond substituents is 1. The molecular weight excluding hydrogens is 376 g/mol. The predicted octanol–water partition coefficient (Wildman–Crippen LogP) is 2.58. The first kappa shape index (κ1) is 20.4. The molecule has 2 aromatic rings. The SMILES string of the molecule is CCC(C)(C)NS(=O)(=O)c1ccc(N2CCN(c3ccc(O)cc3)CC2)nc1. The number of hydrogen-bond donors (Lipinski definition) is 2. The van der Waals surface area contributed by atoms with Crippen molar-refractivity contribution in [3.05, 3.63) is 42.6 Å². The molecule has 1 aliphatic heterocycles. The van der Waals surface area contributed by atoms with Gasteiger partial charge in [0.2, 0.25) is 10.0 Å². The quantitative estimate of drug-likeness (QED) is 0.770. The highest BCUT2D eigenvalue weighted by Gasteiger charge is 2.25. The second kappa shape index (κ2) is 7.97. The smallest absolute Gasteiger partial charge is 0.242 e. The normalized spacial score (nSPS) is 15.7. The van der Waals surface area contributed by atoms with Gasteiger partial charge in [0, 0.05) is 43.6 Å². The van der Waals surface area contributed by atoms with E-state index in [9.17, 15) is 13.5 Å². The summed E-state index contributed by atoms with van der Waals surface area (Å²) in [6.45, 7) is 8.92. The zero-order valence-electron chi connectivity index (χ0n) is 16.6. The number of anilines is 2. The fourth-order valence-electron chi connectivity index (χ4n) is 3.07. The number of aromatic hydroxyl groups is 1. The van der Waals surface area contributed by atoms with Gasteiger partial charge in [-0.15, -0.1) is 0 Å². The lowest BCUT2D eigenvalue weighted by atomic mass is 10.0. The van der Waals surface area contributed by atoms with Crippen molar-refractivity contribution in [1.29, 1.82) is 0 Å². The maximum atomic E-state index is 12.5. The molecule has 0 unspecified atom stereocenters. The van der Waals surface area contributed by atoms with E-state index in [1.807, 2.05) is 32.9 Å². The molecule has 1 aromatic carbocycles. The molecule has 7 nitrogen and oxygen atoms in total. The fourth-order valence-corrected chi connectivity index (χ4v) is 4.50. The van der Waals surface area contributed by atoms with Crippen molar-refractivity contribution in [1.82, 2.24) is 9.71 Å². The summed E-state index contributed by atoms with van der Waals surface area (Å²) >= 11 is 0. The summed E-state index contributed by atoms with van der Waals surface area (Å²) in [4.78, 5) is 8.98. The zero-order valence-corrected chi connectivity index (χ0v) is 17.4. The molecule has 8 heteroatoms. The summed E-state index contributed by atoms with van der Waals surface area (Å²) in [5.74, 6) is 1.04. The third-order valence-corrected chi connectivity index (χ3v) is 6.83. The van der Waals surface area contributed by atoms with Gasteiger partial charge in [-0.1, -0.05) is 6.92 Å². The summed E-state index contributed by atoms with van der Waals surface area (Å²) in [5.41, 5.74) is 0.582. The second-order valence-corrected chi connectivity index (χ2v) is 9.37. The van der Waals surface area contributed by atoms with E-state index in [-0.39, 0.29) is 10.6 Å². The van der Waals surface area contributed by atoms with E-state index < -0.39 is 15.6 Å². The van der Waals surface area contributed by atoms with Crippen molar-refractivity contribution >= 4 is 21.5 Å². The van der Waals surface area contributed by atoms with Crippen LogP contribution in [0.1, 0.15) is 27.2 Å². The average molecular weight is 405 g/mol. The number of nitrogens with one attached hydrogen (secondary N) is 1. The first-order valence-electron chi connectivity index (χ1n) is 9.49. The lowest BCUT2D eigenvalue weighted by molar-refractivity contribution is 0.439. The van der Waals surface area contributed by atoms with Crippen LogP contribution in [0, 0.1) is 0 Å². The number of benzene rings is 1. The Labute approximate surface area is 167 Å². The maximum absolute atomic E-state index is 12.5. The molecule has 0 bridgehead atoms. The summed E-state index contributed by atoms with van der Waals surface area (Å²) in [7, 11) is -3.59. The summed E-state index contributed by atoms with van der Waals surface area (Å²) < 4.78 is 27.8. The molecule has 1 saturated heterocycles. The highest BCUT2D eigenvalue weighted by Crippen LogP contribution is 2.22. The van der Waals surface area contributed by atoms with Gasteiger partial charge in [-0.25, -0.2) is 18.1 Å². The third-order valence-electron chi connectivity index (χ3n) is 5.14. The van der Waals surface area contributed by atoms with Crippen molar-refractivity contribution in [3.8, 4) is 5.75 Å². The highest BCUT2D eigenvalue weighted by molar-refractivity contribution is 7.89. The van der Waals surface area contributed by atoms with Crippen molar-refractivity contribution in [2.45, 2.75) is 37.6 Å². The second-order valence-electron chi connectivity index (χ2n) is 7.69. The van der Waals surface area contributed by atoms with Crippen LogP contribution in [0.5, 0.6) is 5.75 Å². The molecule has 0 saturated carbocycles. The minimum absolute atomic E-state index is 0.181. The van der Waals surface area contributed by atoms with E-state index in [4.69, 9.17) is 0 Å². The number of pyridine rings is 1. The van der Waals surface area contributed by atoms with Gasteiger partial charge in [0.25, 0.3) is 0 Å². The van der Waals surface area contributed by atoms with Gasteiger partial charge >= 0.3 is 0 Å². The minimum atomic E-state index is -3.59. The number of piperazine rings is 1. The van der Waals surface area contributed by atoms with Crippen molar-refractivity contribution in [3.63, 3.8) is 0 Å². The van der Waals surface area contributed by atoms with E-state index in [1.165, 1.54) is 6.20 Å². The van der Waals surface area contributed by atoms with Crippen LogP contribution < -0.4 is 14.5 Å². The topological polar surface area (TPSA) is 85.8 Å². The van der Waals surface area contributed by atoms with Gasteiger partial charge in [-0.05, 0) is 56.7 Å². The van der Waals surface area contributed by atoms with Crippen LogP contribution in [-0.4, -0.2) is 50.2 Å². The number of nitrogens with zero attached hydrogens (tertiary/aromatic N) is 3. The Morgan fingerprint density at radius 2 is 1.64 bits per heavy atom. The molecule has 0 aliphatic carbocycles. The molecule has 1 aliphatic rings. The van der Waals surface area contributed by atoms with Crippen LogP contribution in [0.25, 0.3) is 0 Å². The Hall–Kier alpha value is -2.32. The van der Waals surface area contributed by atoms with Gasteiger partial charge < -0.3 is 14.9 Å². The van der Waals surface area contributed by atoms with E-state index in [0.29, 0.717) is 6.42 Å². The Balaban J connectivity index is 1.64. The first-order chi connectivity index (χ1) is 13.2. The van der Waals surface area contributed by atoms with E-state index in [0.717, 1.165) is 37.7 Å². The van der Waals surface area contributed by atoms with Gasteiger partial charge in [-0.3, -0.25) is 0 Å². The van der Waals surface area contributed by atoms with Crippen molar-refractivity contribution < 1.29 is 13.5 Å². The molecule has 0 amide bonds. The van der Waals surface area contributed by atoms with Gasteiger partial charge in [0.05, 0.1) is 0 Å². The Morgan fingerprint density at radius 3 is 2.18 bits per heavy atom. The molecule has 2 N–H and O–H groups in total. The molecule has 0 atom stereocenters. The highest BCUT2D eigenvalue weighted by atomic mass is 32.2. The minimum Gasteiger partial charge on any atom is -0.508 e. The van der Waals surface area contributed by atoms with E-state index in [1.54, 1.807) is 24.3 Å². The average Bonchev–Trinajstić information content (AvgIpc) is 2.68. The number of aromatic nitrogens is 1.